The molecule has 17 heavy (non-hydrogen) atoms. The van der Waals surface area contributed by atoms with Crippen molar-refractivity contribution in [1.82, 2.24) is 10.2 Å². The van der Waals surface area contributed by atoms with Crippen LogP contribution >= 0.6 is 22.9 Å². The Morgan fingerprint density at radius 2 is 2.29 bits per heavy atom. The van der Waals surface area contributed by atoms with Gasteiger partial charge in [0.15, 0.2) is 0 Å². The lowest BCUT2D eigenvalue weighted by molar-refractivity contribution is 0.233. The molecule has 1 N–H and O–H groups in total. The molecule has 1 aliphatic carbocycles. The van der Waals surface area contributed by atoms with E-state index in [1.807, 2.05) is 5.38 Å². The third kappa shape index (κ3) is 3.22. The van der Waals surface area contributed by atoms with Gasteiger partial charge in [-0.05, 0) is 38.3 Å². The van der Waals surface area contributed by atoms with Crippen LogP contribution in [0.1, 0.15) is 30.6 Å². The molecule has 1 saturated heterocycles. The minimum atomic E-state index is 0.714. The summed E-state index contributed by atoms with van der Waals surface area (Å²) in [5.41, 5.74) is 0. The number of rotatable bonds is 5. The Bertz CT molecular complexity index is 369. The molecule has 2 aliphatic rings. The number of hydrogen-bond acceptors (Lipinski definition) is 3. The summed E-state index contributed by atoms with van der Waals surface area (Å²) < 4.78 is 0. The molecule has 0 bridgehead atoms. The summed E-state index contributed by atoms with van der Waals surface area (Å²) in [4.78, 5) is 4.05. The van der Waals surface area contributed by atoms with E-state index in [1.165, 1.54) is 43.6 Å². The van der Waals surface area contributed by atoms with Gasteiger partial charge in [-0.15, -0.1) is 11.3 Å². The maximum atomic E-state index is 5.99. The number of nitrogens with zero attached hydrogens (tertiary/aromatic N) is 1. The van der Waals surface area contributed by atoms with Crippen LogP contribution in [0, 0.1) is 0 Å². The van der Waals surface area contributed by atoms with E-state index in [0.29, 0.717) is 6.04 Å². The molecule has 0 radical (unpaired) electrons. The van der Waals surface area contributed by atoms with Gasteiger partial charge in [-0.2, -0.15) is 0 Å². The molecule has 94 valence electrons. The Balaban J connectivity index is 1.59. The highest BCUT2D eigenvalue weighted by Crippen LogP contribution is 2.30. The van der Waals surface area contributed by atoms with Gasteiger partial charge in [-0.1, -0.05) is 11.6 Å². The van der Waals surface area contributed by atoms with Crippen LogP contribution in [0.3, 0.4) is 0 Å². The Labute approximate surface area is 112 Å². The van der Waals surface area contributed by atoms with Crippen LogP contribution in [0.4, 0.5) is 0 Å². The fourth-order valence-corrected chi connectivity index (χ4v) is 3.71. The molecule has 2 fully saturated rings. The highest BCUT2D eigenvalue weighted by atomic mass is 35.5. The Morgan fingerprint density at radius 1 is 1.41 bits per heavy atom. The molecule has 2 nitrogen and oxygen atoms in total. The first-order valence-electron chi connectivity index (χ1n) is 6.51. The van der Waals surface area contributed by atoms with Crippen molar-refractivity contribution in [3.05, 3.63) is 21.3 Å². The molecule has 1 aliphatic heterocycles. The highest BCUT2D eigenvalue weighted by Gasteiger charge is 2.31. The van der Waals surface area contributed by atoms with E-state index >= 15 is 0 Å². The molecule has 0 amide bonds. The molecule has 1 saturated carbocycles. The molecule has 2 heterocycles. The largest absolute Gasteiger partial charge is 0.313 e. The quantitative estimate of drug-likeness (QED) is 0.884. The van der Waals surface area contributed by atoms with Crippen LogP contribution in [0.2, 0.25) is 5.02 Å². The SMILES string of the molecule is Clc1csc(CN(CC2CCCN2)C2CC2)c1. The first-order valence-corrected chi connectivity index (χ1v) is 7.77. The van der Waals surface area contributed by atoms with Crippen LogP contribution < -0.4 is 5.32 Å². The third-order valence-corrected chi connectivity index (χ3v) is 4.93. The van der Waals surface area contributed by atoms with Gasteiger partial charge in [0.25, 0.3) is 0 Å². The van der Waals surface area contributed by atoms with Gasteiger partial charge in [0.1, 0.15) is 0 Å². The first-order chi connectivity index (χ1) is 8.31. The lowest BCUT2D eigenvalue weighted by Crippen LogP contribution is -2.38. The van der Waals surface area contributed by atoms with E-state index in [-0.39, 0.29) is 0 Å². The second-order valence-corrected chi connectivity index (χ2v) is 6.62. The maximum absolute atomic E-state index is 5.99. The van der Waals surface area contributed by atoms with Gasteiger partial charge in [0, 0.05) is 35.4 Å². The smallest absolute Gasteiger partial charge is 0.0516 e. The fourth-order valence-electron chi connectivity index (χ4n) is 2.61. The molecule has 0 spiro atoms. The molecule has 4 heteroatoms. The fraction of sp³-hybridized carbons (Fsp3) is 0.692. The number of hydrogen-bond donors (Lipinski definition) is 1. The molecule has 3 rings (SSSR count). The second kappa shape index (κ2) is 5.27. The van der Waals surface area contributed by atoms with Crippen LogP contribution in [0.15, 0.2) is 11.4 Å². The predicted molar refractivity (Wildman–Crippen MR) is 73.8 cm³/mol. The Morgan fingerprint density at radius 3 is 2.88 bits per heavy atom. The standard InChI is InChI=1S/C13H19ClN2S/c14-10-6-13(17-9-10)8-16(12-3-4-12)7-11-2-1-5-15-11/h6,9,11-12,15H,1-5,7-8H2. The summed E-state index contributed by atoms with van der Waals surface area (Å²) >= 11 is 7.78. The zero-order chi connectivity index (χ0) is 11.7. The summed E-state index contributed by atoms with van der Waals surface area (Å²) in [6.45, 7) is 3.49. The lowest BCUT2D eigenvalue weighted by Gasteiger charge is -2.24. The van der Waals surface area contributed by atoms with Crippen molar-refractivity contribution in [2.75, 3.05) is 13.1 Å². The van der Waals surface area contributed by atoms with Gasteiger partial charge in [0.2, 0.25) is 0 Å². The zero-order valence-electron chi connectivity index (χ0n) is 9.99. The summed E-state index contributed by atoms with van der Waals surface area (Å²) in [5, 5.41) is 6.52. The van der Waals surface area contributed by atoms with Gasteiger partial charge in [0.05, 0.1) is 5.02 Å². The van der Waals surface area contributed by atoms with Crippen molar-refractivity contribution in [2.24, 2.45) is 0 Å². The molecule has 1 unspecified atom stereocenters. The number of thiophene rings is 1. The summed E-state index contributed by atoms with van der Waals surface area (Å²) in [5.74, 6) is 0. The van der Waals surface area contributed by atoms with E-state index in [2.05, 4.69) is 16.3 Å². The monoisotopic (exact) mass is 270 g/mol. The van der Waals surface area contributed by atoms with Gasteiger partial charge >= 0.3 is 0 Å². The van der Waals surface area contributed by atoms with E-state index in [1.54, 1.807) is 11.3 Å². The number of halogens is 1. The Hall–Kier alpha value is -0.0900. The molecule has 1 aromatic heterocycles. The van der Waals surface area contributed by atoms with Gasteiger partial charge in [-0.25, -0.2) is 0 Å². The summed E-state index contributed by atoms with van der Waals surface area (Å²) in [7, 11) is 0. The average Bonchev–Trinajstić information content (AvgIpc) is 2.89. The highest BCUT2D eigenvalue weighted by molar-refractivity contribution is 7.10. The second-order valence-electron chi connectivity index (χ2n) is 5.19. The molecular formula is C13H19ClN2S. The van der Waals surface area contributed by atoms with Crippen LogP contribution in [0.5, 0.6) is 0 Å². The van der Waals surface area contributed by atoms with Crippen molar-refractivity contribution >= 4 is 22.9 Å². The lowest BCUT2D eigenvalue weighted by atomic mass is 10.2. The normalized spacial score (nSPS) is 24.7. The van der Waals surface area contributed by atoms with Gasteiger partial charge < -0.3 is 5.32 Å². The zero-order valence-corrected chi connectivity index (χ0v) is 11.6. The average molecular weight is 271 g/mol. The van der Waals surface area contributed by atoms with Crippen LogP contribution in [-0.2, 0) is 6.54 Å². The van der Waals surface area contributed by atoms with Crippen molar-refractivity contribution in [3.8, 4) is 0 Å². The minimum absolute atomic E-state index is 0.714. The maximum Gasteiger partial charge on any atom is 0.0516 e. The van der Waals surface area contributed by atoms with Crippen LogP contribution in [-0.4, -0.2) is 30.1 Å². The van der Waals surface area contributed by atoms with Crippen molar-refractivity contribution in [2.45, 2.75) is 44.3 Å². The molecule has 0 aromatic carbocycles. The van der Waals surface area contributed by atoms with Crippen molar-refractivity contribution < 1.29 is 0 Å². The van der Waals surface area contributed by atoms with E-state index in [0.717, 1.165) is 17.6 Å². The first kappa shape index (κ1) is 12.0. The molecule has 1 atom stereocenters. The topological polar surface area (TPSA) is 15.3 Å². The van der Waals surface area contributed by atoms with E-state index < -0.39 is 0 Å². The van der Waals surface area contributed by atoms with Crippen molar-refractivity contribution in [3.63, 3.8) is 0 Å². The third-order valence-electron chi connectivity index (χ3n) is 3.66. The van der Waals surface area contributed by atoms with Crippen molar-refractivity contribution in [1.29, 1.82) is 0 Å². The summed E-state index contributed by atoms with van der Waals surface area (Å²) in [6.07, 6.45) is 5.44. The minimum Gasteiger partial charge on any atom is -0.313 e. The van der Waals surface area contributed by atoms with E-state index in [4.69, 9.17) is 11.6 Å². The molecular weight excluding hydrogens is 252 g/mol. The predicted octanol–water partition coefficient (Wildman–Crippen LogP) is 3.12. The van der Waals surface area contributed by atoms with Gasteiger partial charge in [-0.3, -0.25) is 4.90 Å². The number of nitrogens with one attached hydrogen (secondary N) is 1. The Kier molecular flexibility index (Phi) is 3.71. The summed E-state index contributed by atoms with van der Waals surface area (Å²) in [6, 6.07) is 3.66. The molecule has 1 aromatic rings. The van der Waals surface area contributed by atoms with Crippen LogP contribution in [0.25, 0.3) is 0 Å². The van der Waals surface area contributed by atoms with E-state index in [9.17, 15) is 0 Å².